The highest BCUT2D eigenvalue weighted by Crippen LogP contribution is 2.40. The molecule has 174 valence electrons. The summed E-state index contributed by atoms with van der Waals surface area (Å²) in [5.41, 5.74) is -6.08. The lowest BCUT2D eigenvalue weighted by molar-refractivity contribution is -0.143. The van der Waals surface area contributed by atoms with Gasteiger partial charge in [0.2, 0.25) is 0 Å². The Balaban J connectivity index is 1.98. The van der Waals surface area contributed by atoms with E-state index in [1.54, 1.807) is 12.1 Å². The molecule has 1 N–H and O–H groups in total. The van der Waals surface area contributed by atoms with E-state index >= 15 is 0 Å². The highest BCUT2D eigenvalue weighted by molar-refractivity contribution is 6.62. The number of benzene rings is 2. The molecule has 0 bridgehead atoms. The van der Waals surface area contributed by atoms with E-state index in [1.165, 1.54) is 12.1 Å². The van der Waals surface area contributed by atoms with Crippen molar-refractivity contribution in [3.8, 4) is 0 Å². The lowest BCUT2D eigenvalue weighted by Crippen LogP contribution is -2.41. The van der Waals surface area contributed by atoms with Crippen molar-refractivity contribution in [2.75, 3.05) is 0 Å². The van der Waals surface area contributed by atoms with Crippen molar-refractivity contribution < 1.29 is 40.8 Å². The first-order valence-corrected chi connectivity index (χ1v) is 9.83. The first-order valence-electron chi connectivity index (χ1n) is 9.83. The molecule has 0 spiro atoms. The predicted molar refractivity (Wildman–Crippen MR) is 107 cm³/mol. The molecule has 1 aliphatic heterocycles. The largest absolute Gasteiger partial charge is 0.494 e. The Kier molecular flexibility index (Phi) is 5.76. The van der Waals surface area contributed by atoms with Gasteiger partial charge in [0.1, 0.15) is 5.60 Å². The molecule has 1 heterocycles. The van der Waals surface area contributed by atoms with Crippen LogP contribution in [0.25, 0.3) is 0 Å². The zero-order valence-electron chi connectivity index (χ0n) is 18.2. The molecule has 0 aliphatic carbocycles. The van der Waals surface area contributed by atoms with Crippen LogP contribution >= 0.6 is 0 Å². The molecule has 32 heavy (non-hydrogen) atoms. The van der Waals surface area contributed by atoms with E-state index in [9.17, 15) is 31.4 Å². The Hall–Kier alpha value is -2.04. The summed E-state index contributed by atoms with van der Waals surface area (Å²) in [4.78, 5) is 0. The summed E-state index contributed by atoms with van der Waals surface area (Å²) in [7, 11) is -0.704. The number of hydrogen-bond donors (Lipinski definition) is 1. The molecule has 2 aromatic carbocycles. The molecular weight excluding hydrogens is 437 g/mol. The Morgan fingerprint density at radius 1 is 0.688 bits per heavy atom. The van der Waals surface area contributed by atoms with E-state index < -0.39 is 53.0 Å². The lowest BCUT2D eigenvalue weighted by atomic mass is 9.77. The maximum absolute atomic E-state index is 13.2. The van der Waals surface area contributed by atoms with Crippen LogP contribution in [0.15, 0.2) is 42.5 Å². The van der Waals surface area contributed by atoms with Crippen LogP contribution in [-0.2, 0) is 27.3 Å². The van der Waals surface area contributed by atoms with Gasteiger partial charge in [0.05, 0.1) is 22.3 Å². The number of rotatable bonds is 3. The molecule has 3 rings (SSSR count). The minimum atomic E-state index is -5.01. The summed E-state index contributed by atoms with van der Waals surface area (Å²) in [6, 6.07) is 7.05. The fourth-order valence-electron chi connectivity index (χ4n) is 3.35. The monoisotopic (exact) mass is 460 g/mol. The van der Waals surface area contributed by atoms with Crippen molar-refractivity contribution in [2.24, 2.45) is 0 Å². The van der Waals surface area contributed by atoms with Crippen LogP contribution in [0.5, 0.6) is 0 Å². The molecule has 0 saturated carbocycles. The van der Waals surface area contributed by atoms with Gasteiger partial charge in [-0.2, -0.15) is 26.3 Å². The van der Waals surface area contributed by atoms with Crippen molar-refractivity contribution in [2.45, 2.75) is 63.8 Å². The van der Waals surface area contributed by atoms with E-state index in [-0.39, 0.29) is 11.6 Å². The van der Waals surface area contributed by atoms with E-state index in [1.807, 2.05) is 27.7 Å². The van der Waals surface area contributed by atoms with Crippen LogP contribution in [0.3, 0.4) is 0 Å². The van der Waals surface area contributed by atoms with Gasteiger partial charge in [0.25, 0.3) is 0 Å². The molecule has 1 atom stereocenters. The molecule has 1 saturated heterocycles. The van der Waals surface area contributed by atoms with Crippen molar-refractivity contribution in [3.05, 3.63) is 64.7 Å². The summed E-state index contributed by atoms with van der Waals surface area (Å²) in [5, 5.41) is 11.0. The van der Waals surface area contributed by atoms with Gasteiger partial charge in [-0.1, -0.05) is 24.3 Å². The van der Waals surface area contributed by atoms with Crippen molar-refractivity contribution in [1.29, 1.82) is 0 Å². The Bertz CT molecular complexity index is 946. The molecule has 0 aromatic heterocycles. The third-order valence-electron chi connectivity index (χ3n) is 6.15. The fourth-order valence-corrected chi connectivity index (χ4v) is 3.35. The number of halogens is 6. The first-order chi connectivity index (χ1) is 14.3. The van der Waals surface area contributed by atoms with Gasteiger partial charge in [0.15, 0.2) is 0 Å². The molecule has 10 heteroatoms. The Morgan fingerprint density at radius 3 is 1.44 bits per heavy atom. The topological polar surface area (TPSA) is 38.7 Å². The van der Waals surface area contributed by atoms with E-state index in [0.717, 1.165) is 6.92 Å². The normalized spacial score (nSPS) is 20.3. The van der Waals surface area contributed by atoms with Gasteiger partial charge in [-0.15, -0.1) is 0 Å². The zero-order chi connectivity index (χ0) is 24.3. The third kappa shape index (κ3) is 4.53. The summed E-state index contributed by atoms with van der Waals surface area (Å²) in [6.07, 6.45) is -10.0. The van der Waals surface area contributed by atoms with Crippen LogP contribution in [-0.4, -0.2) is 23.4 Å². The minimum Gasteiger partial charge on any atom is -0.399 e. The van der Waals surface area contributed by atoms with E-state index in [0.29, 0.717) is 17.6 Å². The Morgan fingerprint density at radius 2 is 1.06 bits per heavy atom. The van der Waals surface area contributed by atoms with Crippen molar-refractivity contribution in [1.82, 2.24) is 0 Å². The molecule has 1 fully saturated rings. The molecule has 2 aromatic rings. The summed E-state index contributed by atoms with van der Waals surface area (Å²) in [6.45, 7) is 8.64. The maximum atomic E-state index is 13.2. The molecule has 0 radical (unpaired) electrons. The van der Waals surface area contributed by atoms with Crippen LogP contribution < -0.4 is 5.46 Å². The average Bonchev–Trinajstić information content (AvgIpc) is 2.87. The number of alkyl halides is 6. The average molecular weight is 460 g/mol. The molecule has 3 nitrogen and oxygen atoms in total. The summed E-state index contributed by atoms with van der Waals surface area (Å²) < 4.78 is 91.1. The van der Waals surface area contributed by atoms with E-state index in [2.05, 4.69) is 0 Å². The van der Waals surface area contributed by atoms with Crippen molar-refractivity contribution >= 4 is 12.6 Å². The smallest absolute Gasteiger partial charge is 0.399 e. The SMILES string of the molecule is CC(O)(c1ccc(B2OC(C)(C)C(C)(C)O2)cc1)c1cc(C(F)(F)F)cc(C(F)(F)F)c1. The first kappa shape index (κ1) is 24.6. The molecule has 1 aliphatic rings. The maximum Gasteiger partial charge on any atom is 0.494 e. The number of hydrogen-bond acceptors (Lipinski definition) is 3. The van der Waals surface area contributed by atoms with Crippen LogP contribution in [0, 0.1) is 0 Å². The van der Waals surface area contributed by atoms with Gasteiger partial charge in [-0.25, -0.2) is 0 Å². The molecule has 0 amide bonds. The Labute approximate surface area is 182 Å². The second-order valence-electron chi connectivity index (χ2n) is 9.08. The molecule has 1 unspecified atom stereocenters. The van der Waals surface area contributed by atoms with Gasteiger partial charge in [-0.3, -0.25) is 0 Å². The highest BCUT2D eigenvalue weighted by Gasteiger charge is 2.51. The summed E-state index contributed by atoms with van der Waals surface area (Å²) >= 11 is 0. The fraction of sp³-hybridized carbons (Fsp3) is 0.455. The molecular formula is C22H23BF6O3. The summed E-state index contributed by atoms with van der Waals surface area (Å²) in [5.74, 6) is 0. The number of aliphatic hydroxyl groups is 1. The highest BCUT2D eigenvalue weighted by atomic mass is 19.4. The minimum absolute atomic E-state index is 0.0287. The third-order valence-corrected chi connectivity index (χ3v) is 6.15. The van der Waals surface area contributed by atoms with Gasteiger partial charge in [0, 0.05) is 0 Å². The predicted octanol–water partition coefficient (Wildman–Crippen LogP) is 5.28. The van der Waals surface area contributed by atoms with Gasteiger partial charge < -0.3 is 14.4 Å². The van der Waals surface area contributed by atoms with Gasteiger partial charge >= 0.3 is 19.5 Å². The van der Waals surface area contributed by atoms with Crippen molar-refractivity contribution in [3.63, 3.8) is 0 Å². The second-order valence-corrected chi connectivity index (χ2v) is 9.08. The van der Waals surface area contributed by atoms with Gasteiger partial charge in [-0.05, 0) is 69.4 Å². The quantitative estimate of drug-likeness (QED) is 0.501. The van der Waals surface area contributed by atoms with E-state index in [4.69, 9.17) is 9.31 Å². The standard InChI is InChI=1S/C22H23BF6O3/c1-18(2)19(3,4)32-23(31-18)17-8-6-13(7-9-17)20(5,30)14-10-15(21(24,25)26)12-16(11-14)22(27,28)29/h6-12,30H,1-5H3. The van der Waals surface area contributed by atoms with Crippen LogP contribution in [0.2, 0.25) is 0 Å². The van der Waals surface area contributed by atoms with Crippen LogP contribution in [0.1, 0.15) is 56.9 Å². The van der Waals surface area contributed by atoms with Crippen LogP contribution in [0.4, 0.5) is 26.3 Å². The zero-order valence-corrected chi connectivity index (χ0v) is 18.2. The second kappa shape index (κ2) is 7.50. The lowest BCUT2D eigenvalue weighted by Gasteiger charge is -2.32.